The lowest BCUT2D eigenvalue weighted by Crippen LogP contribution is -2.31. The summed E-state index contributed by atoms with van der Waals surface area (Å²) in [5.41, 5.74) is 4.70. The van der Waals surface area contributed by atoms with Crippen molar-refractivity contribution in [2.24, 2.45) is 10.8 Å². The molecule has 0 fully saturated rings. The molecule has 0 aliphatic carbocycles. The molecular weight excluding hydrogens is 216 g/mol. The summed E-state index contributed by atoms with van der Waals surface area (Å²) in [6.07, 6.45) is 0. The largest absolute Gasteiger partial charge is 0.383 e. The fraction of sp³-hybridized carbons (Fsp3) is 0.417. The second kappa shape index (κ2) is 6.88. The quantitative estimate of drug-likeness (QED) is 0.258. The molecule has 94 valence electrons. The van der Waals surface area contributed by atoms with Crippen LogP contribution >= 0.6 is 0 Å². The third-order valence-corrected chi connectivity index (χ3v) is 2.34. The standard InChI is InChI=1S/C12H20N4O/c1-16(2)11-6-4-5-10(9-11)12(15-13)14-7-8-17-3/h4-6,9H,7-8,13H2,1-3H3,(H,14,15). The van der Waals surface area contributed by atoms with Crippen LogP contribution in [0.25, 0.3) is 0 Å². The molecule has 0 aliphatic rings. The molecule has 3 N–H and O–H groups in total. The molecule has 0 radical (unpaired) electrons. The number of hydrogen-bond donors (Lipinski definition) is 2. The summed E-state index contributed by atoms with van der Waals surface area (Å²) in [6, 6.07) is 8.02. The number of nitrogens with two attached hydrogens (primary N) is 1. The van der Waals surface area contributed by atoms with Gasteiger partial charge in [0.15, 0.2) is 0 Å². The lowest BCUT2D eigenvalue weighted by molar-refractivity contribution is 0.208. The SMILES string of the molecule is COCCN=C(NN)c1cccc(N(C)C)c1. The molecule has 0 heterocycles. The number of rotatable bonds is 5. The van der Waals surface area contributed by atoms with E-state index in [4.69, 9.17) is 10.6 Å². The first-order chi connectivity index (χ1) is 8.19. The molecule has 0 spiro atoms. The maximum Gasteiger partial charge on any atom is 0.142 e. The molecule has 1 aromatic carbocycles. The van der Waals surface area contributed by atoms with Crippen LogP contribution in [-0.4, -0.2) is 40.2 Å². The molecule has 0 bridgehead atoms. The zero-order chi connectivity index (χ0) is 12.7. The average Bonchev–Trinajstić information content (AvgIpc) is 2.35. The molecule has 0 saturated carbocycles. The Morgan fingerprint density at radius 2 is 2.24 bits per heavy atom. The van der Waals surface area contributed by atoms with Crippen LogP contribution < -0.4 is 16.2 Å². The molecule has 0 unspecified atom stereocenters. The van der Waals surface area contributed by atoms with Gasteiger partial charge in [0.05, 0.1) is 13.2 Å². The summed E-state index contributed by atoms with van der Waals surface area (Å²) >= 11 is 0. The van der Waals surface area contributed by atoms with Gasteiger partial charge in [-0.05, 0) is 12.1 Å². The van der Waals surface area contributed by atoms with E-state index in [1.807, 2.05) is 43.3 Å². The van der Waals surface area contributed by atoms with Crippen molar-refractivity contribution in [1.82, 2.24) is 5.43 Å². The molecular formula is C12H20N4O. The number of amidine groups is 1. The highest BCUT2D eigenvalue weighted by atomic mass is 16.5. The van der Waals surface area contributed by atoms with Crippen LogP contribution in [0.2, 0.25) is 0 Å². The van der Waals surface area contributed by atoms with Crippen molar-refractivity contribution in [3.05, 3.63) is 29.8 Å². The Morgan fingerprint density at radius 3 is 2.82 bits per heavy atom. The number of anilines is 1. The van der Waals surface area contributed by atoms with Crippen LogP contribution in [0.1, 0.15) is 5.56 Å². The maximum absolute atomic E-state index is 5.48. The van der Waals surface area contributed by atoms with Crippen molar-refractivity contribution >= 4 is 11.5 Å². The van der Waals surface area contributed by atoms with Gasteiger partial charge in [-0.15, -0.1) is 0 Å². The Morgan fingerprint density at radius 1 is 1.47 bits per heavy atom. The van der Waals surface area contributed by atoms with E-state index in [1.54, 1.807) is 7.11 Å². The number of methoxy groups -OCH3 is 1. The highest BCUT2D eigenvalue weighted by Gasteiger charge is 2.03. The molecule has 0 amide bonds. The van der Waals surface area contributed by atoms with Gasteiger partial charge in [-0.3, -0.25) is 4.99 Å². The molecule has 5 heteroatoms. The van der Waals surface area contributed by atoms with Crippen LogP contribution in [0, 0.1) is 0 Å². The smallest absolute Gasteiger partial charge is 0.142 e. The molecule has 1 aromatic rings. The van der Waals surface area contributed by atoms with E-state index in [2.05, 4.69) is 10.4 Å². The van der Waals surface area contributed by atoms with Crippen molar-refractivity contribution < 1.29 is 4.74 Å². The van der Waals surface area contributed by atoms with Crippen LogP contribution in [0.4, 0.5) is 5.69 Å². The second-order valence-electron chi connectivity index (χ2n) is 3.81. The Balaban J connectivity index is 2.88. The van der Waals surface area contributed by atoms with Crippen LogP contribution in [0.15, 0.2) is 29.3 Å². The Kier molecular flexibility index (Phi) is 5.45. The first-order valence-corrected chi connectivity index (χ1v) is 5.46. The molecule has 17 heavy (non-hydrogen) atoms. The van der Waals surface area contributed by atoms with E-state index < -0.39 is 0 Å². The third kappa shape index (κ3) is 4.05. The van der Waals surface area contributed by atoms with Gasteiger partial charge in [-0.2, -0.15) is 0 Å². The maximum atomic E-state index is 5.48. The van der Waals surface area contributed by atoms with Crippen molar-refractivity contribution in [3.63, 3.8) is 0 Å². The Labute approximate surface area is 102 Å². The lowest BCUT2D eigenvalue weighted by atomic mass is 10.2. The predicted octanol–water partition coefficient (Wildman–Crippen LogP) is 0.609. The number of aliphatic imine (C=N–C) groups is 1. The lowest BCUT2D eigenvalue weighted by Gasteiger charge is -2.14. The van der Waals surface area contributed by atoms with Crippen molar-refractivity contribution in [2.45, 2.75) is 0 Å². The van der Waals surface area contributed by atoms with E-state index in [1.165, 1.54) is 0 Å². The van der Waals surface area contributed by atoms with Gasteiger partial charge in [-0.25, -0.2) is 5.84 Å². The summed E-state index contributed by atoms with van der Waals surface area (Å²) < 4.78 is 4.95. The zero-order valence-corrected chi connectivity index (χ0v) is 10.6. The normalized spacial score (nSPS) is 11.4. The molecule has 0 saturated heterocycles. The number of ether oxygens (including phenoxy) is 1. The van der Waals surface area contributed by atoms with Gasteiger partial charge in [0, 0.05) is 32.5 Å². The van der Waals surface area contributed by atoms with Crippen LogP contribution in [0.5, 0.6) is 0 Å². The molecule has 0 atom stereocenters. The second-order valence-corrected chi connectivity index (χ2v) is 3.81. The summed E-state index contributed by atoms with van der Waals surface area (Å²) in [7, 11) is 5.64. The van der Waals surface area contributed by atoms with Gasteiger partial charge in [0.1, 0.15) is 5.84 Å². The Hall–Kier alpha value is -1.59. The van der Waals surface area contributed by atoms with Gasteiger partial charge in [-0.1, -0.05) is 12.1 Å². The number of nitrogens with one attached hydrogen (secondary N) is 1. The molecule has 0 aliphatic heterocycles. The summed E-state index contributed by atoms with van der Waals surface area (Å²) in [5, 5.41) is 0. The molecule has 0 aromatic heterocycles. The average molecular weight is 236 g/mol. The van der Waals surface area contributed by atoms with E-state index >= 15 is 0 Å². The van der Waals surface area contributed by atoms with Crippen LogP contribution in [-0.2, 0) is 4.74 Å². The van der Waals surface area contributed by atoms with E-state index in [0.29, 0.717) is 19.0 Å². The van der Waals surface area contributed by atoms with Gasteiger partial charge < -0.3 is 15.1 Å². The first kappa shape index (κ1) is 13.5. The van der Waals surface area contributed by atoms with E-state index in [-0.39, 0.29) is 0 Å². The zero-order valence-electron chi connectivity index (χ0n) is 10.6. The number of nitrogens with zero attached hydrogens (tertiary/aromatic N) is 2. The Bertz CT molecular complexity index is 377. The van der Waals surface area contributed by atoms with Gasteiger partial charge in [0.25, 0.3) is 0 Å². The fourth-order valence-electron chi connectivity index (χ4n) is 1.40. The minimum Gasteiger partial charge on any atom is -0.383 e. The highest BCUT2D eigenvalue weighted by molar-refractivity contribution is 5.99. The summed E-state index contributed by atoms with van der Waals surface area (Å²) in [5.74, 6) is 6.15. The number of hydrazine groups is 1. The van der Waals surface area contributed by atoms with Crippen molar-refractivity contribution in [2.75, 3.05) is 39.3 Å². The monoisotopic (exact) mass is 236 g/mol. The predicted molar refractivity (Wildman–Crippen MR) is 71.4 cm³/mol. The number of hydrogen-bond acceptors (Lipinski definition) is 4. The van der Waals surface area contributed by atoms with Crippen molar-refractivity contribution in [3.8, 4) is 0 Å². The van der Waals surface area contributed by atoms with E-state index in [9.17, 15) is 0 Å². The topological polar surface area (TPSA) is 62.9 Å². The van der Waals surface area contributed by atoms with Gasteiger partial charge >= 0.3 is 0 Å². The third-order valence-electron chi connectivity index (χ3n) is 2.34. The molecule has 5 nitrogen and oxygen atoms in total. The minimum absolute atomic E-state index is 0.582. The molecule has 1 rings (SSSR count). The van der Waals surface area contributed by atoms with Crippen LogP contribution in [0.3, 0.4) is 0 Å². The number of benzene rings is 1. The van der Waals surface area contributed by atoms with E-state index in [0.717, 1.165) is 11.3 Å². The van der Waals surface area contributed by atoms with Crippen molar-refractivity contribution in [1.29, 1.82) is 0 Å². The summed E-state index contributed by atoms with van der Waals surface area (Å²) in [4.78, 5) is 6.37. The minimum atomic E-state index is 0.582. The summed E-state index contributed by atoms with van der Waals surface area (Å²) in [6.45, 7) is 1.17. The van der Waals surface area contributed by atoms with Gasteiger partial charge in [0.2, 0.25) is 0 Å². The highest BCUT2D eigenvalue weighted by Crippen LogP contribution is 2.13. The first-order valence-electron chi connectivity index (χ1n) is 5.46. The fourth-order valence-corrected chi connectivity index (χ4v) is 1.40.